The number of carbonyl (C=O) groups excluding carboxylic acids is 1. The summed E-state index contributed by atoms with van der Waals surface area (Å²) in [5, 5.41) is 3.68. The van der Waals surface area contributed by atoms with Gasteiger partial charge in [-0.25, -0.2) is 0 Å². The summed E-state index contributed by atoms with van der Waals surface area (Å²) in [4.78, 5) is 11.9. The van der Waals surface area contributed by atoms with Crippen LogP contribution in [0.3, 0.4) is 0 Å². The van der Waals surface area contributed by atoms with E-state index in [-0.39, 0.29) is 12.0 Å². The molecule has 1 amide bonds. The molecule has 1 unspecified atom stereocenters. The van der Waals surface area contributed by atoms with Crippen molar-refractivity contribution in [1.82, 2.24) is 5.32 Å². The molecule has 0 saturated carbocycles. The Morgan fingerprint density at radius 1 is 1.52 bits per heavy atom. The highest BCUT2D eigenvalue weighted by Crippen LogP contribution is 2.31. The molecule has 0 aromatic heterocycles. The molecule has 21 heavy (non-hydrogen) atoms. The SMILES string of the molecule is COc1cc(C)c(Cl)c(C)c1CCNC(=O)C1CCCO1. The van der Waals surface area contributed by atoms with Crippen molar-refractivity contribution in [2.45, 2.75) is 39.2 Å². The smallest absolute Gasteiger partial charge is 0.249 e. The van der Waals surface area contributed by atoms with Crippen molar-refractivity contribution >= 4 is 17.5 Å². The third-order valence-corrected chi connectivity index (χ3v) is 4.47. The Balaban J connectivity index is 1.99. The van der Waals surface area contributed by atoms with Crippen LogP contribution in [0.1, 0.15) is 29.5 Å². The molecule has 1 heterocycles. The van der Waals surface area contributed by atoms with Gasteiger partial charge in [0.2, 0.25) is 5.91 Å². The van der Waals surface area contributed by atoms with Gasteiger partial charge in [0.05, 0.1) is 7.11 Å². The second-order valence-corrected chi connectivity index (χ2v) is 5.73. The Bertz CT molecular complexity index is 525. The highest BCUT2D eigenvalue weighted by atomic mass is 35.5. The lowest BCUT2D eigenvalue weighted by Crippen LogP contribution is -2.35. The lowest BCUT2D eigenvalue weighted by molar-refractivity contribution is -0.129. The van der Waals surface area contributed by atoms with Crippen molar-refractivity contribution in [2.75, 3.05) is 20.3 Å². The van der Waals surface area contributed by atoms with Crippen molar-refractivity contribution in [2.24, 2.45) is 0 Å². The zero-order valence-corrected chi connectivity index (χ0v) is 13.5. The van der Waals surface area contributed by atoms with Gasteiger partial charge in [0.25, 0.3) is 0 Å². The largest absolute Gasteiger partial charge is 0.496 e. The molecule has 1 saturated heterocycles. The van der Waals surface area contributed by atoms with Crippen LogP contribution in [-0.4, -0.2) is 32.3 Å². The monoisotopic (exact) mass is 311 g/mol. The summed E-state index contributed by atoms with van der Waals surface area (Å²) < 4.78 is 10.8. The first-order valence-electron chi connectivity index (χ1n) is 7.26. The molecule has 1 fully saturated rings. The van der Waals surface area contributed by atoms with Crippen LogP contribution >= 0.6 is 11.6 Å². The fourth-order valence-corrected chi connectivity index (χ4v) is 2.83. The van der Waals surface area contributed by atoms with Crippen LogP contribution < -0.4 is 10.1 Å². The molecule has 5 heteroatoms. The van der Waals surface area contributed by atoms with Gasteiger partial charge in [0.15, 0.2) is 0 Å². The minimum Gasteiger partial charge on any atom is -0.496 e. The molecule has 0 radical (unpaired) electrons. The number of aryl methyl sites for hydroxylation is 1. The zero-order valence-electron chi connectivity index (χ0n) is 12.8. The Morgan fingerprint density at radius 2 is 2.29 bits per heavy atom. The Labute approximate surface area is 130 Å². The van der Waals surface area contributed by atoms with Gasteiger partial charge in [-0.2, -0.15) is 0 Å². The van der Waals surface area contributed by atoms with Crippen LogP contribution in [0, 0.1) is 13.8 Å². The van der Waals surface area contributed by atoms with Crippen molar-refractivity contribution in [3.8, 4) is 5.75 Å². The predicted molar refractivity (Wildman–Crippen MR) is 83.2 cm³/mol. The first-order chi connectivity index (χ1) is 10.0. The highest BCUT2D eigenvalue weighted by molar-refractivity contribution is 6.32. The van der Waals surface area contributed by atoms with Crippen molar-refractivity contribution in [1.29, 1.82) is 0 Å². The van der Waals surface area contributed by atoms with Crippen LogP contribution in [0.2, 0.25) is 5.02 Å². The van der Waals surface area contributed by atoms with Crippen LogP contribution in [0.25, 0.3) is 0 Å². The van der Waals surface area contributed by atoms with Gasteiger partial charge in [0.1, 0.15) is 11.9 Å². The zero-order chi connectivity index (χ0) is 15.4. The fraction of sp³-hybridized carbons (Fsp3) is 0.562. The lowest BCUT2D eigenvalue weighted by atomic mass is 10.0. The van der Waals surface area contributed by atoms with E-state index < -0.39 is 0 Å². The van der Waals surface area contributed by atoms with Gasteiger partial charge < -0.3 is 14.8 Å². The van der Waals surface area contributed by atoms with Crippen molar-refractivity contribution < 1.29 is 14.3 Å². The molecule has 116 valence electrons. The second kappa shape index (κ2) is 7.14. The van der Waals surface area contributed by atoms with Gasteiger partial charge in [-0.15, -0.1) is 0 Å². The van der Waals surface area contributed by atoms with Crippen LogP contribution in [0.5, 0.6) is 5.75 Å². The normalized spacial score (nSPS) is 17.8. The average Bonchev–Trinajstić information content (AvgIpc) is 3.01. The summed E-state index contributed by atoms with van der Waals surface area (Å²) in [5.41, 5.74) is 3.05. The maximum Gasteiger partial charge on any atom is 0.249 e. The highest BCUT2D eigenvalue weighted by Gasteiger charge is 2.23. The lowest BCUT2D eigenvalue weighted by Gasteiger charge is -2.16. The minimum absolute atomic E-state index is 0.0256. The average molecular weight is 312 g/mol. The summed E-state index contributed by atoms with van der Waals surface area (Å²) in [5.74, 6) is 0.795. The van der Waals surface area contributed by atoms with E-state index >= 15 is 0 Å². The summed E-state index contributed by atoms with van der Waals surface area (Å²) >= 11 is 6.29. The third-order valence-electron chi connectivity index (χ3n) is 3.89. The molecule has 1 N–H and O–H groups in total. The topological polar surface area (TPSA) is 47.6 Å². The van der Waals surface area contributed by atoms with Crippen molar-refractivity contribution in [3.63, 3.8) is 0 Å². The van der Waals surface area contributed by atoms with Gasteiger partial charge >= 0.3 is 0 Å². The first-order valence-corrected chi connectivity index (χ1v) is 7.64. The van der Waals surface area contributed by atoms with Crippen LogP contribution in [0.4, 0.5) is 0 Å². The number of carbonyl (C=O) groups is 1. The molecule has 1 aromatic rings. The maximum atomic E-state index is 11.9. The Morgan fingerprint density at radius 3 is 2.90 bits per heavy atom. The quantitative estimate of drug-likeness (QED) is 0.909. The molecule has 1 aliphatic heterocycles. The molecule has 1 aromatic carbocycles. The molecular weight excluding hydrogens is 290 g/mol. The molecule has 0 bridgehead atoms. The summed E-state index contributed by atoms with van der Waals surface area (Å²) in [6.07, 6.45) is 2.17. The molecule has 2 rings (SSSR count). The summed E-state index contributed by atoms with van der Waals surface area (Å²) in [6, 6.07) is 1.94. The molecule has 1 atom stereocenters. The van der Waals surface area contributed by atoms with E-state index in [0.717, 1.165) is 40.3 Å². The number of rotatable bonds is 5. The number of benzene rings is 1. The predicted octanol–water partition coefficient (Wildman–Crippen LogP) is 2.80. The summed E-state index contributed by atoms with van der Waals surface area (Å²) in [6.45, 7) is 5.17. The standard InChI is InChI=1S/C16H22ClNO3/c1-10-9-14(20-3)12(11(2)15(10)17)6-7-18-16(19)13-5-4-8-21-13/h9,13H,4-8H2,1-3H3,(H,18,19). The molecule has 0 aliphatic carbocycles. The number of ether oxygens (including phenoxy) is 2. The molecule has 4 nitrogen and oxygen atoms in total. The summed E-state index contributed by atoms with van der Waals surface area (Å²) in [7, 11) is 1.65. The number of amides is 1. The molecular formula is C16H22ClNO3. The minimum atomic E-state index is -0.283. The Kier molecular flexibility index (Phi) is 5.48. The van der Waals surface area contributed by atoms with Gasteiger partial charge in [-0.1, -0.05) is 11.6 Å². The third kappa shape index (κ3) is 3.69. The second-order valence-electron chi connectivity index (χ2n) is 5.36. The number of hydrogen-bond acceptors (Lipinski definition) is 3. The van der Waals surface area contributed by atoms with E-state index in [1.165, 1.54) is 0 Å². The van der Waals surface area contributed by atoms with E-state index in [1.807, 2.05) is 19.9 Å². The van der Waals surface area contributed by atoms with E-state index in [2.05, 4.69) is 5.32 Å². The number of nitrogens with one attached hydrogen (secondary N) is 1. The van der Waals surface area contributed by atoms with Gasteiger partial charge in [-0.05, 0) is 50.3 Å². The number of hydrogen-bond donors (Lipinski definition) is 1. The number of methoxy groups -OCH3 is 1. The first kappa shape index (κ1) is 16.1. The van der Waals surface area contributed by atoms with E-state index in [4.69, 9.17) is 21.1 Å². The van der Waals surface area contributed by atoms with Gasteiger partial charge in [-0.3, -0.25) is 4.79 Å². The van der Waals surface area contributed by atoms with Gasteiger partial charge in [0, 0.05) is 23.7 Å². The van der Waals surface area contributed by atoms with Crippen molar-refractivity contribution in [3.05, 3.63) is 27.8 Å². The van der Waals surface area contributed by atoms with Crippen LogP contribution in [0.15, 0.2) is 6.07 Å². The van der Waals surface area contributed by atoms with E-state index in [1.54, 1.807) is 7.11 Å². The van der Waals surface area contributed by atoms with Crippen LogP contribution in [-0.2, 0) is 16.0 Å². The number of halogens is 1. The molecule has 1 aliphatic rings. The fourth-order valence-electron chi connectivity index (χ4n) is 2.66. The molecule has 0 spiro atoms. The van der Waals surface area contributed by atoms with E-state index in [0.29, 0.717) is 19.6 Å². The van der Waals surface area contributed by atoms with E-state index in [9.17, 15) is 4.79 Å². The Hall–Kier alpha value is -1.26. The maximum absolute atomic E-state index is 11.9.